The summed E-state index contributed by atoms with van der Waals surface area (Å²) in [7, 11) is 0. The van der Waals surface area contributed by atoms with Crippen LogP contribution in [0.25, 0.3) is 0 Å². The lowest BCUT2D eigenvalue weighted by Crippen LogP contribution is -2.31. The fourth-order valence-electron chi connectivity index (χ4n) is 1.91. The maximum Gasteiger partial charge on any atom is 0.229 e. The molecule has 0 radical (unpaired) electrons. The Kier molecular flexibility index (Phi) is 5.56. The van der Waals surface area contributed by atoms with Crippen LogP contribution in [0, 0.1) is 0 Å². The highest BCUT2D eigenvalue weighted by atomic mass is 35.5. The number of alkyl halides is 1. The van der Waals surface area contributed by atoms with Gasteiger partial charge < -0.3 is 4.90 Å². The average molecular weight is 309 g/mol. The first kappa shape index (κ1) is 15.0. The third-order valence-corrected chi connectivity index (χ3v) is 4.16. The van der Waals surface area contributed by atoms with Crippen molar-refractivity contribution < 1.29 is 4.79 Å². The van der Waals surface area contributed by atoms with Crippen molar-refractivity contribution in [3.8, 4) is 0 Å². The first-order valence-electron chi connectivity index (χ1n) is 6.54. The molecule has 20 heavy (non-hydrogen) atoms. The van der Waals surface area contributed by atoms with Crippen molar-refractivity contribution in [3.05, 3.63) is 52.0 Å². The molecule has 0 saturated carbocycles. The van der Waals surface area contributed by atoms with Gasteiger partial charge in [-0.1, -0.05) is 30.3 Å². The molecule has 0 unspecified atom stereocenters. The van der Waals surface area contributed by atoms with E-state index in [9.17, 15) is 4.79 Å². The van der Waals surface area contributed by atoms with Crippen molar-refractivity contribution >= 4 is 28.8 Å². The number of hydrogen-bond acceptors (Lipinski definition) is 3. The van der Waals surface area contributed by atoms with E-state index < -0.39 is 0 Å². The summed E-state index contributed by atoms with van der Waals surface area (Å²) < 4.78 is 0. The fourth-order valence-corrected chi connectivity index (χ4v) is 2.93. The van der Waals surface area contributed by atoms with E-state index in [0.717, 1.165) is 16.3 Å². The van der Waals surface area contributed by atoms with E-state index in [0.29, 0.717) is 25.4 Å². The highest BCUT2D eigenvalue weighted by Gasteiger charge is 2.14. The quantitative estimate of drug-likeness (QED) is 0.766. The van der Waals surface area contributed by atoms with Crippen LogP contribution in [0.5, 0.6) is 0 Å². The number of carbonyl (C=O) groups is 1. The summed E-state index contributed by atoms with van der Waals surface area (Å²) >= 11 is 7.22. The predicted octanol–water partition coefficient (Wildman–Crippen LogP) is 3.47. The molecule has 1 aromatic carbocycles. The van der Waals surface area contributed by atoms with Crippen molar-refractivity contribution in [2.75, 3.05) is 6.54 Å². The molecular weight excluding hydrogens is 292 g/mol. The molecule has 0 aliphatic rings. The Balaban J connectivity index is 1.98. The molecule has 0 spiro atoms. The minimum Gasteiger partial charge on any atom is -0.338 e. The number of carbonyl (C=O) groups excluding carboxylic acids is 1. The molecule has 1 amide bonds. The third-order valence-electron chi connectivity index (χ3n) is 2.99. The van der Waals surface area contributed by atoms with Crippen LogP contribution in [0.4, 0.5) is 0 Å². The summed E-state index contributed by atoms with van der Waals surface area (Å²) in [5, 5.41) is 2.74. The zero-order valence-electron chi connectivity index (χ0n) is 11.4. The van der Waals surface area contributed by atoms with Gasteiger partial charge in [0.2, 0.25) is 5.91 Å². The molecule has 0 aliphatic heterocycles. The van der Waals surface area contributed by atoms with Crippen LogP contribution in [0.3, 0.4) is 0 Å². The molecule has 0 atom stereocenters. The largest absolute Gasteiger partial charge is 0.338 e. The molecule has 0 fully saturated rings. The van der Waals surface area contributed by atoms with Crippen LogP contribution < -0.4 is 0 Å². The van der Waals surface area contributed by atoms with E-state index in [1.165, 1.54) is 11.3 Å². The Morgan fingerprint density at radius 1 is 1.35 bits per heavy atom. The molecule has 0 saturated heterocycles. The van der Waals surface area contributed by atoms with Gasteiger partial charge in [0.25, 0.3) is 0 Å². The summed E-state index contributed by atoms with van der Waals surface area (Å²) in [5.74, 6) is 0.499. The fraction of sp³-hybridized carbons (Fsp3) is 0.333. The summed E-state index contributed by atoms with van der Waals surface area (Å²) in [4.78, 5) is 18.5. The van der Waals surface area contributed by atoms with Crippen molar-refractivity contribution in [1.29, 1.82) is 0 Å². The van der Waals surface area contributed by atoms with E-state index in [1.54, 1.807) is 0 Å². The van der Waals surface area contributed by atoms with Crippen molar-refractivity contribution in [2.45, 2.75) is 25.8 Å². The molecule has 1 aromatic heterocycles. The first-order chi connectivity index (χ1) is 9.72. The normalized spacial score (nSPS) is 10.5. The summed E-state index contributed by atoms with van der Waals surface area (Å²) in [6.45, 7) is 3.33. The lowest BCUT2D eigenvalue weighted by molar-refractivity contribution is -0.130. The molecule has 106 valence electrons. The Bertz CT molecular complexity index is 556. The predicted molar refractivity (Wildman–Crippen MR) is 82.9 cm³/mol. The molecule has 0 N–H and O–H groups in total. The molecule has 2 aromatic rings. The van der Waals surface area contributed by atoms with Crippen molar-refractivity contribution in [2.24, 2.45) is 0 Å². The molecule has 5 heteroatoms. The summed E-state index contributed by atoms with van der Waals surface area (Å²) in [6.07, 6.45) is 0.349. The SMILES string of the molecule is CCN(Cc1ccccc1)C(=O)Cc1nc(CCl)cs1. The van der Waals surface area contributed by atoms with E-state index in [1.807, 2.05) is 47.5 Å². The topological polar surface area (TPSA) is 33.2 Å². The lowest BCUT2D eigenvalue weighted by atomic mass is 10.2. The second-order valence-corrected chi connectivity index (χ2v) is 5.65. The third kappa shape index (κ3) is 4.05. The van der Waals surface area contributed by atoms with Gasteiger partial charge in [-0.05, 0) is 12.5 Å². The highest BCUT2D eigenvalue weighted by Crippen LogP contribution is 2.14. The Morgan fingerprint density at radius 2 is 2.10 bits per heavy atom. The van der Waals surface area contributed by atoms with Crippen LogP contribution >= 0.6 is 22.9 Å². The molecule has 3 nitrogen and oxygen atoms in total. The summed E-state index contributed by atoms with van der Waals surface area (Å²) in [5.41, 5.74) is 1.98. The number of amides is 1. The first-order valence-corrected chi connectivity index (χ1v) is 7.95. The van der Waals surface area contributed by atoms with E-state index in [-0.39, 0.29) is 5.91 Å². The molecular formula is C15H17ClN2OS. The maximum absolute atomic E-state index is 12.3. The second kappa shape index (κ2) is 7.41. The number of hydrogen-bond donors (Lipinski definition) is 0. The van der Waals surface area contributed by atoms with Gasteiger partial charge in [0.15, 0.2) is 0 Å². The lowest BCUT2D eigenvalue weighted by Gasteiger charge is -2.20. The van der Waals surface area contributed by atoms with Crippen LogP contribution in [0.2, 0.25) is 0 Å². The minimum atomic E-state index is 0.104. The molecule has 0 bridgehead atoms. The van der Waals surface area contributed by atoms with Crippen LogP contribution in [-0.2, 0) is 23.6 Å². The van der Waals surface area contributed by atoms with Crippen molar-refractivity contribution in [1.82, 2.24) is 9.88 Å². The zero-order valence-corrected chi connectivity index (χ0v) is 13.0. The van der Waals surface area contributed by atoms with Gasteiger partial charge >= 0.3 is 0 Å². The van der Waals surface area contributed by atoms with Gasteiger partial charge in [-0.25, -0.2) is 4.98 Å². The maximum atomic E-state index is 12.3. The van der Waals surface area contributed by atoms with Crippen molar-refractivity contribution in [3.63, 3.8) is 0 Å². The number of aromatic nitrogens is 1. The Morgan fingerprint density at radius 3 is 2.70 bits per heavy atom. The smallest absolute Gasteiger partial charge is 0.229 e. The monoisotopic (exact) mass is 308 g/mol. The summed E-state index contributed by atoms with van der Waals surface area (Å²) in [6, 6.07) is 10.0. The number of nitrogens with zero attached hydrogens (tertiary/aromatic N) is 2. The van der Waals surface area contributed by atoms with Gasteiger partial charge in [0.1, 0.15) is 5.01 Å². The molecule has 1 heterocycles. The van der Waals surface area contributed by atoms with E-state index >= 15 is 0 Å². The standard InChI is InChI=1S/C15H17ClN2OS/c1-2-18(10-12-6-4-3-5-7-12)15(19)8-14-17-13(9-16)11-20-14/h3-7,11H,2,8-10H2,1H3. The van der Waals surface area contributed by atoms with Crippen LogP contribution in [0.1, 0.15) is 23.2 Å². The van der Waals surface area contributed by atoms with Crippen LogP contribution in [-0.4, -0.2) is 22.3 Å². The Labute approximate surface area is 128 Å². The van der Waals surface area contributed by atoms with Gasteiger partial charge in [-0.3, -0.25) is 4.79 Å². The number of halogens is 1. The van der Waals surface area contributed by atoms with Gasteiger partial charge in [-0.2, -0.15) is 0 Å². The molecule has 2 rings (SSSR count). The highest BCUT2D eigenvalue weighted by molar-refractivity contribution is 7.09. The number of likely N-dealkylation sites (N-methyl/N-ethyl adjacent to an activating group) is 1. The van der Waals surface area contributed by atoms with Crippen LogP contribution in [0.15, 0.2) is 35.7 Å². The second-order valence-electron chi connectivity index (χ2n) is 4.44. The number of thiazole rings is 1. The zero-order chi connectivity index (χ0) is 14.4. The van der Waals surface area contributed by atoms with Gasteiger partial charge in [0, 0.05) is 18.5 Å². The van der Waals surface area contributed by atoms with Gasteiger partial charge in [-0.15, -0.1) is 22.9 Å². The average Bonchev–Trinajstić information content (AvgIpc) is 2.93. The van der Waals surface area contributed by atoms with Gasteiger partial charge in [0.05, 0.1) is 18.0 Å². The minimum absolute atomic E-state index is 0.104. The molecule has 0 aliphatic carbocycles. The number of benzene rings is 1. The van der Waals surface area contributed by atoms with E-state index in [2.05, 4.69) is 4.98 Å². The number of rotatable bonds is 6. The Hall–Kier alpha value is -1.39. The van der Waals surface area contributed by atoms with E-state index in [4.69, 9.17) is 11.6 Å².